The van der Waals surface area contributed by atoms with Gasteiger partial charge < -0.3 is 25.0 Å². The summed E-state index contributed by atoms with van der Waals surface area (Å²) >= 11 is 0. The van der Waals surface area contributed by atoms with Crippen molar-refractivity contribution in [3.63, 3.8) is 0 Å². The maximum absolute atomic E-state index is 12.3. The van der Waals surface area contributed by atoms with E-state index in [2.05, 4.69) is 15.6 Å². The fourth-order valence-electron chi connectivity index (χ4n) is 2.02. The molecule has 152 valence electrons. The number of hydrogen-bond donors (Lipinski definition) is 2. The van der Waals surface area contributed by atoms with Gasteiger partial charge in [0.25, 0.3) is 0 Å². The molecule has 2 N–H and O–H groups in total. The summed E-state index contributed by atoms with van der Waals surface area (Å²) in [6, 6.07) is 7.09. The van der Waals surface area contributed by atoms with Crippen LogP contribution in [0.1, 0.15) is 6.42 Å². The summed E-state index contributed by atoms with van der Waals surface area (Å²) in [5.74, 6) is 0.193. The van der Waals surface area contributed by atoms with E-state index >= 15 is 0 Å². The predicted octanol–water partition coefficient (Wildman–Crippen LogP) is 2.11. The number of ether oxygens (including phenoxy) is 2. The van der Waals surface area contributed by atoms with Gasteiger partial charge in [0.15, 0.2) is 5.96 Å². The Bertz CT molecular complexity index is 624. The number of aliphatic imine (C=N–C) groups is 1. The van der Waals surface area contributed by atoms with Gasteiger partial charge in [-0.15, -0.1) is 0 Å². The highest BCUT2D eigenvalue weighted by molar-refractivity contribution is 5.95. The number of anilines is 1. The predicted molar refractivity (Wildman–Crippen MR) is 97.1 cm³/mol. The van der Waals surface area contributed by atoms with Crippen molar-refractivity contribution in [3.05, 3.63) is 24.3 Å². The van der Waals surface area contributed by atoms with Gasteiger partial charge in [0.1, 0.15) is 12.3 Å². The smallest absolute Gasteiger partial charge is 0.406 e. The van der Waals surface area contributed by atoms with E-state index in [0.29, 0.717) is 29.6 Å². The minimum atomic E-state index is -4.44. The van der Waals surface area contributed by atoms with E-state index in [0.717, 1.165) is 13.5 Å². The number of guanidine groups is 1. The van der Waals surface area contributed by atoms with E-state index in [4.69, 9.17) is 9.47 Å². The zero-order valence-electron chi connectivity index (χ0n) is 15.6. The van der Waals surface area contributed by atoms with E-state index in [-0.39, 0.29) is 12.5 Å². The summed E-state index contributed by atoms with van der Waals surface area (Å²) in [6.07, 6.45) is -3.68. The number of nitrogens with one attached hydrogen (secondary N) is 2. The second-order valence-corrected chi connectivity index (χ2v) is 5.64. The molecule has 0 aromatic heterocycles. The highest BCUT2D eigenvalue weighted by Gasteiger charge is 2.31. The first-order valence-corrected chi connectivity index (χ1v) is 8.25. The quantitative estimate of drug-likeness (QED) is 0.384. The number of carbonyl (C=O) groups is 1. The molecule has 0 fully saturated rings. The van der Waals surface area contributed by atoms with Crippen LogP contribution in [0.2, 0.25) is 0 Å². The first-order chi connectivity index (χ1) is 12.7. The molecule has 0 saturated carbocycles. The molecule has 0 heterocycles. The molecule has 7 nitrogen and oxygen atoms in total. The lowest BCUT2D eigenvalue weighted by Gasteiger charge is -2.20. The number of nitrogens with zero attached hydrogens (tertiary/aromatic N) is 2. The molecule has 1 rings (SSSR count). The standard InChI is InChI=1S/C17H25F3N4O3/c1-21-16(22-11-15(25)24(2)12-17(18,19)20)23-13-6-4-7-14(10-13)27-9-5-8-26-3/h4,6-7,10H,5,8-9,11-12H2,1-3H3,(H2,21,22,23). The maximum Gasteiger partial charge on any atom is 0.406 e. The molecule has 0 saturated heterocycles. The van der Waals surface area contributed by atoms with Crippen LogP contribution in [0.3, 0.4) is 0 Å². The number of alkyl halides is 3. The molecule has 10 heteroatoms. The van der Waals surface area contributed by atoms with Crippen LogP contribution in [-0.2, 0) is 9.53 Å². The van der Waals surface area contributed by atoms with Crippen molar-refractivity contribution in [3.8, 4) is 5.75 Å². The zero-order chi connectivity index (χ0) is 20.3. The molecule has 0 unspecified atom stereocenters. The van der Waals surface area contributed by atoms with Gasteiger partial charge in [-0.05, 0) is 12.1 Å². The largest absolute Gasteiger partial charge is 0.493 e. The Balaban J connectivity index is 2.52. The molecule has 0 spiro atoms. The maximum atomic E-state index is 12.3. The Labute approximate surface area is 156 Å². The van der Waals surface area contributed by atoms with Gasteiger partial charge >= 0.3 is 6.18 Å². The molecule has 0 bridgehead atoms. The van der Waals surface area contributed by atoms with Crippen LogP contribution in [0.5, 0.6) is 5.75 Å². The highest BCUT2D eigenvalue weighted by atomic mass is 19.4. The Morgan fingerprint density at radius 3 is 2.67 bits per heavy atom. The number of benzene rings is 1. The summed E-state index contributed by atoms with van der Waals surface area (Å²) in [7, 11) is 4.21. The minimum absolute atomic E-state index is 0.250. The summed E-state index contributed by atoms with van der Waals surface area (Å²) in [6.45, 7) is -0.517. The van der Waals surface area contributed by atoms with Crippen LogP contribution in [0.25, 0.3) is 0 Å². The summed E-state index contributed by atoms with van der Waals surface area (Å²) < 4.78 is 47.5. The Morgan fingerprint density at radius 2 is 2.04 bits per heavy atom. The van der Waals surface area contributed by atoms with Gasteiger partial charge in [0, 0.05) is 46.0 Å². The van der Waals surface area contributed by atoms with Gasteiger partial charge in [-0.25, -0.2) is 0 Å². The van der Waals surface area contributed by atoms with Gasteiger partial charge in [0.2, 0.25) is 5.91 Å². The lowest BCUT2D eigenvalue weighted by molar-refractivity contribution is -0.157. The van der Waals surface area contributed by atoms with Gasteiger partial charge in [-0.1, -0.05) is 6.07 Å². The van der Waals surface area contributed by atoms with Crippen molar-refractivity contribution in [1.29, 1.82) is 0 Å². The van der Waals surface area contributed by atoms with Crippen LogP contribution in [0.4, 0.5) is 18.9 Å². The normalized spacial score (nSPS) is 11.9. The SMILES string of the molecule is CN=C(NCC(=O)N(C)CC(F)(F)F)Nc1cccc(OCCCOC)c1. The number of likely N-dealkylation sites (N-methyl/N-ethyl adjacent to an activating group) is 1. The lowest BCUT2D eigenvalue weighted by Crippen LogP contribution is -2.43. The molecule has 1 aromatic carbocycles. The number of methoxy groups -OCH3 is 1. The number of amides is 1. The van der Waals surface area contributed by atoms with E-state index in [1.807, 2.05) is 0 Å². The van der Waals surface area contributed by atoms with Crippen LogP contribution in [-0.4, -0.2) is 70.5 Å². The molecule has 0 aliphatic rings. The van der Waals surface area contributed by atoms with E-state index in [1.165, 1.54) is 7.05 Å². The molecule has 0 radical (unpaired) electrons. The van der Waals surface area contributed by atoms with Crippen molar-refractivity contribution >= 4 is 17.6 Å². The zero-order valence-corrected chi connectivity index (χ0v) is 15.6. The van der Waals surface area contributed by atoms with Crippen LogP contribution >= 0.6 is 0 Å². The highest BCUT2D eigenvalue weighted by Crippen LogP contribution is 2.17. The fourth-order valence-corrected chi connectivity index (χ4v) is 2.02. The number of rotatable bonds is 9. The van der Waals surface area contributed by atoms with Crippen molar-refractivity contribution in [2.75, 3.05) is 52.8 Å². The summed E-state index contributed by atoms with van der Waals surface area (Å²) in [4.78, 5) is 16.3. The Morgan fingerprint density at radius 1 is 1.30 bits per heavy atom. The third kappa shape index (κ3) is 9.69. The van der Waals surface area contributed by atoms with E-state index in [1.54, 1.807) is 31.4 Å². The molecule has 1 amide bonds. The second kappa shape index (κ2) is 11.3. The third-order valence-corrected chi connectivity index (χ3v) is 3.33. The van der Waals surface area contributed by atoms with Crippen LogP contribution in [0.15, 0.2) is 29.3 Å². The monoisotopic (exact) mass is 390 g/mol. The van der Waals surface area contributed by atoms with Crippen molar-refractivity contribution in [2.45, 2.75) is 12.6 Å². The molecule has 1 aromatic rings. The first-order valence-electron chi connectivity index (χ1n) is 8.25. The molecule has 0 aliphatic heterocycles. The van der Waals surface area contributed by atoms with E-state index in [9.17, 15) is 18.0 Å². The van der Waals surface area contributed by atoms with Crippen LogP contribution in [0, 0.1) is 0 Å². The van der Waals surface area contributed by atoms with E-state index < -0.39 is 18.6 Å². The van der Waals surface area contributed by atoms with Crippen molar-refractivity contribution in [2.24, 2.45) is 4.99 Å². The van der Waals surface area contributed by atoms with Crippen LogP contribution < -0.4 is 15.4 Å². The first kappa shape index (κ1) is 22.6. The lowest BCUT2D eigenvalue weighted by atomic mass is 10.3. The average Bonchev–Trinajstić information content (AvgIpc) is 2.61. The third-order valence-electron chi connectivity index (χ3n) is 3.33. The van der Waals surface area contributed by atoms with Gasteiger partial charge in [-0.3, -0.25) is 9.79 Å². The number of halogens is 3. The van der Waals surface area contributed by atoms with Gasteiger partial charge in [-0.2, -0.15) is 13.2 Å². The topological polar surface area (TPSA) is 75.2 Å². The molecule has 27 heavy (non-hydrogen) atoms. The second-order valence-electron chi connectivity index (χ2n) is 5.64. The Hall–Kier alpha value is -2.49. The fraction of sp³-hybridized carbons (Fsp3) is 0.529. The number of carbonyl (C=O) groups excluding carboxylic acids is 1. The average molecular weight is 390 g/mol. The molecular formula is C17H25F3N4O3. The number of hydrogen-bond acceptors (Lipinski definition) is 4. The van der Waals surface area contributed by atoms with Crippen molar-refractivity contribution in [1.82, 2.24) is 10.2 Å². The molecular weight excluding hydrogens is 365 g/mol. The Kier molecular flexibility index (Phi) is 9.41. The summed E-state index contributed by atoms with van der Waals surface area (Å²) in [5, 5.41) is 5.64. The summed E-state index contributed by atoms with van der Waals surface area (Å²) in [5.41, 5.74) is 0.656. The van der Waals surface area contributed by atoms with Gasteiger partial charge in [0.05, 0.1) is 13.2 Å². The molecule has 0 atom stereocenters. The van der Waals surface area contributed by atoms with Crippen molar-refractivity contribution < 1.29 is 27.4 Å². The minimum Gasteiger partial charge on any atom is -0.493 e. The molecule has 0 aliphatic carbocycles.